The predicted molar refractivity (Wildman–Crippen MR) is 92.5 cm³/mol. The van der Waals surface area contributed by atoms with Gasteiger partial charge in [-0.05, 0) is 60.7 Å². The minimum absolute atomic E-state index is 0.0784. The molecule has 2 rings (SSSR count). The molecule has 0 atom stereocenters. The van der Waals surface area contributed by atoms with Gasteiger partial charge >= 0.3 is 5.97 Å². The van der Waals surface area contributed by atoms with E-state index in [-0.39, 0.29) is 17.5 Å². The summed E-state index contributed by atoms with van der Waals surface area (Å²) in [6, 6.07) is 12.3. The van der Waals surface area contributed by atoms with Gasteiger partial charge in [-0.15, -0.1) is 0 Å². The van der Waals surface area contributed by atoms with E-state index in [2.05, 4.69) is 4.74 Å². The number of ketones is 1. The second-order valence-electron chi connectivity index (χ2n) is 5.66. The normalized spacial score (nSPS) is 10.4. The van der Waals surface area contributed by atoms with Gasteiger partial charge in [-0.1, -0.05) is 19.1 Å². The molecule has 0 saturated carbocycles. The van der Waals surface area contributed by atoms with Crippen molar-refractivity contribution in [2.75, 3.05) is 7.11 Å². The highest BCUT2D eigenvalue weighted by atomic mass is 16.5. The van der Waals surface area contributed by atoms with Crippen molar-refractivity contribution in [2.24, 2.45) is 0 Å². The number of aryl methyl sites for hydroxylation is 2. The second-order valence-corrected chi connectivity index (χ2v) is 5.66. The summed E-state index contributed by atoms with van der Waals surface area (Å²) < 4.78 is 4.67. The van der Waals surface area contributed by atoms with Crippen LogP contribution in [0.5, 0.6) is 5.75 Å². The average Bonchev–Trinajstić information content (AvgIpc) is 2.62. The van der Waals surface area contributed by atoms with Crippen LogP contribution in [0.1, 0.15) is 51.6 Å². The molecule has 0 amide bonds. The van der Waals surface area contributed by atoms with E-state index < -0.39 is 0 Å². The lowest BCUT2D eigenvalue weighted by Crippen LogP contribution is -2.01. The second kappa shape index (κ2) is 8.29. The van der Waals surface area contributed by atoms with E-state index in [1.807, 2.05) is 19.1 Å². The molecule has 4 heteroatoms. The first-order chi connectivity index (χ1) is 11.5. The van der Waals surface area contributed by atoms with Crippen molar-refractivity contribution >= 4 is 11.8 Å². The Morgan fingerprint density at radius 1 is 1.00 bits per heavy atom. The molecular weight excluding hydrogens is 304 g/mol. The molecule has 0 bridgehead atoms. The highest BCUT2D eigenvalue weighted by Crippen LogP contribution is 2.22. The quantitative estimate of drug-likeness (QED) is 0.618. The van der Waals surface area contributed by atoms with Gasteiger partial charge < -0.3 is 9.84 Å². The standard InChI is InChI=1S/C20H22O4/c1-3-18(21)17-11-12-19(22)16(13-17)6-4-5-14-7-9-15(10-8-14)20(23)24-2/h7-13,22H,3-6H2,1-2H3. The lowest BCUT2D eigenvalue weighted by Gasteiger charge is -2.08. The lowest BCUT2D eigenvalue weighted by molar-refractivity contribution is 0.0600. The minimum atomic E-state index is -0.344. The Morgan fingerprint density at radius 3 is 2.29 bits per heavy atom. The van der Waals surface area contributed by atoms with Gasteiger partial charge in [0.1, 0.15) is 5.75 Å². The van der Waals surface area contributed by atoms with Crippen LogP contribution in [0.2, 0.25) is 0 Å². The molecule has 0 radical (unpaired) electrons. The smallest absolute Gasteiger partial charge is 0.337 e. The monoisotopic (exact) mass is 326 g/mol. The Labute approximate surface area is 142 Å². The molecular formula is C20H22O4. The van der Waals surface area contributed by atoms with Crippen molar-refractivity contribution in [1.82, 2.24) is 0 Å². The van der Waals surface area contributed by atoms with Crippen LogP contribution < -0.4 is 0 Å². The van der Waals surface area contributed by atoms with E-state index in [1.165, 1.54) is 7.11 Å². The number of Topliss-reactive ketones (excluding diaryl/α,β-unsaturated/α-hetero) is 1. The summed E-state index contributed by atoms with van der Waals surface area (Å²) in [5, 5.41) is 9.95. The summed E-state index contributed by atoms with van der Waals surface area (Å²) in [5.41, 5.74) is 3.08. The van der Waals surface area contributed by atoms with E-state index in [0.29, 0.717) is 24.0 Å². The first-order valence-electron chi connectivity index (χ1n) is 8.07. The van der Waals surface area contributed by atoms with Gasteiger partial charge in [0.15, 0.2) is 5.78 Å². The number of hydrogen-bond acceptors (Lipinski definition) is 4. The van der Waals surface area contributed by atoms with E-state index in [0.717, 1.165) is 24.0 Å². The molecule has 0 spiro atoms. The molecule has 0 heterocycles. The van der Waals surface area contributed by atoms with Crippen LogP contribution in [0, 0.1) is 0 Å². The Bertz CT molecular complexity index is 717. The summed E-state index contributed by atoms with van der Waals surface area (Å²) >= 11 is 0. The molecule has 126 valence electrons. The molecule has 0 aliphatic heterocycles. The van der Waals surface area contributed by atoms with Crippen molar-refractivity contribution < 1.29 is 19.4 Å². The minimum Gasteiger partial charge on any atom is -0.508 e. The number of aromatic hydroxyl groups is 1. The molecule has 4 nitrogen and oxygen atoms in total. The number of hydrogen-bond donors (Lipinski definition) is 1. The van der Waals surface area contributed by atoms with Gasteiger partial charge in [-0.2, -0.15) is 0 Å². The Morgan fingerprint density at radius 2 is 1.67 bits per heavy atom. The molecule has 0 unspecified atom stereocenters. The summed E-state index contributed by atoms with van der Waals surface area (Å²) in [4.78, 5) is 23.2. The predicted octanol–water partition coefficient (Wildman–Crippen LogP) is 3.95. The zero-order chi connectivity index (χ0) is 17.5. The van der Waals surface area contributed by atoms with E-state index in [4.69, 9.17) is 0 Å². The van der Waals surface area contributed by atoms with Gasteiger partial charge in [-0.25, -0.2) is 4.79 Å². The molecule has 0 saturated heterocycles. The maximum Gasteiger partial charge on any atom is 0.337 e. The third-order valence-corrected chi connectivity index (χ3v) is 4.01. The number of phenolic OH excluding ortho intramolecular Hbond substituents is 1. The molecule has 2 aromatic carbocycles. The van der Waals surface area contributed by atoms with E-state index in [1.54, 1.807) is 30.3 Å². The fraction of sp³-hybridized carbons (Fsp3) is 0.300. The molecule has 0 aliphatic rings. The summed E-state index contributed by atoms with van der Waals surface area (Å²) in [7, 11) is 1.36. The molecule has 0 fully saturated rings. The molecule has 2 aromatic rings. The average molecular weight is 326 g/mol. The lowest BCUT2D eigenvalue weighted by atomic mass is 9.99. The summed E-state index contributed by atoms with van der Waals surface area (Å²) in [6.45, 7) is 1.83. The topological polar surface area (TPSA) is 63.6 Å². The van der Waals surface area contributed by atoms with Crippen LogP contribution in [-0.2, 0) is 17.6 Å². The van der Waals surface area contributed by atoms with Crippen molar-refractivity contribution in [1.29, 1.82) is 0 Å². The van der Waals surface area contributed by atoms with Crippen molar-refractivity contribution in [3.8, 4) is 5.75 Å². The maximum absolute atomic E-state index is 11.8. The highest BCUT2D eigenvalue weighted by molar-refractivity contribution is 5.96. The van der Waals surface area contributed by atoms with E-state index >= 15 is 0 Å². The van der Waals surface area contributed by atoms with E-state index in [9.17, 15) is 14.7 Å². The first kappa shape index (κ1) is 17.7. The fourth-order valence-corrected chi connectivity index (χ4v) is 2.57. The van der Waals surface area contributed by atoms with Gasteiger partial charge in [-0.3, -0.25) is 4.79 Å². The van der Waals surface area contributed by atoms with Gasteiger partial charge in [0.2, 0.25) is 0 Å². The number of ether oxygens (including phenoxy) is 1. The number of esters is 1. The first-order valence-corrected chi connectivity index (χ1v) is 8.07. The van der Waals surface area contributed by atoms with Gasteiger partial charge in [0.25, 0.3) is 0 Å². The Kier molecular flexibility index (Phi) is 6.13. The van der Waals surface area contributed by atoms with Crippen molar-refractivity contribution in [3.63, 3.8) is 0 Å². The van der Waals surface area contributed by atoms with Crippen molar-refractivity contribution in [3.05, 3.63) is 64.7 Å². The number of rotatable bonds is 7. The molecule has 24 heavy (non-hydrogen) atoms. The van der Waals surface area contributed by atoms with Crippen LogP contribution in [0.3, 0.4) is 0 Å². The summed E-state index contributed by atoms with van der Waals surface area (Å²) in [6.07, 6.45) is 2.81. The number of carbonyl (C=O) groups excluding carboxylic acids is 2. The van der Waals surface area contributed by atoms with Crippen LogP contribution in [0.15, 0.2) is 42.5 Å². The van der Waals surface area contributed by atoms with Crippen LogP contribution in [-0.4, -0.2) is 24.0 Å². The van der Waals surface area contributed by atoms with Crippen LogP contribution in [0.4, 0.5) is 0 Å². The maximum atomic E-state index is 11.8. The number of benzene rings is 2. The highest BCUT2D eigenvalue weighted by Gasteiger charge is 2.08. The zero-order valence-corrected chi connectivity index (χ0v) is 14.0. The largest absolute Gasteiger partial charge is 0.508 e. The van der Waals surface area contributed by atoms with Gasteiger partial charge in [0, 0.05) is 12.0 Å². The molecule has 1 N–H and O–H groups in total. The van der Waals surface area contributed by atoms with Crippen LogP contribution in [0.25, 0.3) is 0 Å². The number of phenols is 1. The zero-order valence-electron chi connectivity index (χ0n) is 14.0. The van der Waals surface area contributed by atoms with Crippen LogP contribution >= 0.6 is 0 Å². The summed E-state index contributed by atoms with van der Waals surface area (Å²) in [5.74, 6) is -0.0396. The number of methoxy groups -OCH3 is 1. The number of carbonyl (C=O) groups is 2. The third kappa shape index (κ3) is 4.44. The third-order valence-electron chi connectivity index (χ3n) is 4.01. The Balaban J connectivity index is 1.96. The molecule has 0 aliphatic carbocycles. The SMILES string of the molecule is CCC(=O)c1ccc(O)c(CCCc2ccc(C(=O)OC)cc2)c1. The fourth-order valence-electron chi connectivity index (χ4n) is 2.57. The Hall–Kier alpha value is -2.62. The molecule has 0 aromatic heterocycles. The van der Waals surface area contributed by atoms with Gasteiger partial charge in [0.05, 0.1) is 12.7 Å². The van der Waals surface area contributed by atoms with Crippen molar-refractivity contribution in [2.45, 2.75) is 32.6 Å².